The Bertz CT molecular complexity index is 638. The van der Waals surface area contributed by atoms with E-state index in [1.807, 2.05) is 0 Å². The Hall–Kier alpha value is -0.940. The van der Waals surface area contributed by atoms with E-state index in [0.717, 1.165) is 19.3 Å². The highest BCUT2D eigenvalue weighted by atomic mass is 16.6. The first-order valence-electron chi connectivity index (χ1n) is 9.60. The van der Waals surface area contributed by atoms with Gasteiger partial charge in [-0.3, -0.25) is 9.59 Å². The minimum Gasteiger partial charge on any atom is -0.463 e. The van der Waals surface area contributed by atoms with Crippen LogP contribution in [0.2, 0.25) is 0 Å². The molecule has 0 aromatic carbocycles. The summed E-state index contributed by atoms with van der Waals surface area (Å²) in [5.41, 5.74) is -3.39. The monoisotopic (exact) mass is 350 g/mol. The maximum Gasteiger partial charge on any atom is 0.308 e. The standard InChI is InChI=1S/C20H30O5/c1-16(2)6-5-7-17(3)13(16)10-14(21)18(4,23)20(17)9-8-19(25-20)11-15(22)24-12-19/h13,23H,5-12H2,1-4H3. The number of aliphatic hydroxyl groups is 1. The first-order chi connectivity index (χ1) is 11.5. The molecule has 1 N–H and O–H groups in total. The zero-order valence-electron chi connectivity index (χ0n) is 15.8. The molecule has 4 aliphatic rings. The van der Waals surface area contributed by atoms with Gasteiger partial charge in [-0.15, -0.1) is 0 Å². The van der Waals surface area contributed by atoms with E-state index < -0.39 is 16.8 Å². The van der Waals surface area contributed by atoms with Crippen molar-refractivity contribution >= 4 is 11.8 Å². The molecule has 0 amide bonds. The van der Waals surface area contributed by atoms with Gasteiger partial charge in [-0.1, -0.05) is 27.2 Å². The molecule has 4 rings (SSSR count). The number of ether oxygens (including phenoxy) is 2. The predicted octanol–water partition coefficient (Wildman–Crippen LogP) is 2.78. The molecular weight excluding hydrogens is 320 g/mol. The topological polar surface area (TPSA) is 72.8 Å². The van der Waals surface area contributed by atoms with Crippen molar-refractivity contribution in [2.45, 2.75) is 89.4 Å². The second kappa shape index (κ2) is 4.86. The van der Waals surface area contributed by atoms with Gasteiger partial charge in [-0.05, 0) is 43.9 Å². The molecule has 140 valence electrons. The van der Waals surface area contributed by atoms with Gasteiger partial charge in [0.2, 0.25) is 0 Å². The van der Waals surface area contributed by atoms with Crippen molar-refractivity contribution in [3.8, 4) is 0 Å². The van der Waals surface area contributed by atoms with E-state index >= 15 is 0 Å². The number of carbonyl (C=O) groups is 2. The zero-order chi connectivity index (χ0) is 18.3. The van der Waals surface area contributed by atoms with E-state index in [0.29, 0.717) is 19.3 Å². The SMILES string of the molecule is CC1(C)CCCC2(C)C1CC(=O)C(C)(O)C21CCC2(COC(=O)C2)O1. The lowest BCUT2D eigenvalue weighted by atomic mass is 9.43. The Morgan fingerprint density at radius 2 is 1.76 bits per heavy atom. The second-order valence-electron chi connectivity index (χ2n) is 9.96. The van der Waals surface area contributed by atoms with Crippen molar-refractivity contribution in [2.24, 2.45) is 16.7 Å². The number of rotatable bonds is 0. The van der Waals surface area contributed by atoms with Crippen molar-refractivity contribution in [3.63, 3.8) is 0 Å². The molecule has 2 saturated heterocycles. The number of fused-ring (bicyclic) bond motifs is 2. The minimum absolute atomic E-state index is 0.0350. The summed E-state index contributed by atoms with van der Waals surface area (Å²) in [6.45, 7) is 8.55. The van der Waals surface area contributed by atoms with Gasteiger partial charge in [-0.2, -0.15) is 0 Å². The summed E-state index contributed by atoms with van der Waals surface area (Å²) in [5.74, 6) is -0.189. The predicted molar refractivity (Wildman–Crippen MR) is 90.8 cm³/mol. The van der Waals surface area contributed by atoms with Crippen LogP contribution in [-0.4, -0.2) is 40.3 Å². The lowest BCUT2D eigenvalue weighted by Crippen LogP contribution is -2.73. The normalized spacial score (nSPS) is 51.8. The molecule has 2 spiro atoms. The lowest BCUT2D eigenvalue weighted by molar-refractivity contribution is -0.282. The molecule has 0 aromatic rings. The van der Waals surface area contributed by atoms with Gasteiger partial charge in [0.15, 0.2) is 5.78 Å². The first kappa shape index (κ1) is 17.5. The van der Waals surface area contributed by atoms with E-state index in [2.05, 4.69) is 20.8 Å². The Balaban J connectivity index is 1.83. The molecular formula is C20H30O5. The maximum atomic E-state index is 13.0. The molecule has 0 radical (unpaired) electrons. The van der Waals surface area contributed by atoms with Gasteiger partial charge in [0.05, 0.1) is 6.42 Å². The van der Waals surface area contributed by atoms with Crippen LogP contribution in [0.4, 0.5) is 0 Å². The van der Waals surface area contributed by atoms with Crippen LogP contribution < -0.4 is 0 Å². The summed E-state index contributed by atoms with van der Waals surface area (Å²) in [6, 6.07) is 0. The van der Waals surface area contributed by atoms with Crippen molar-refractivity contribution in [2.75, 3.05) is 6.61 Å². The lowest BCUT2D eigenvalue weighted by Gasteiger charge is -2.65. The molecule has 25 heavy (non-hydrogen) atoms. The van der Waals surface area contributed by atoms with Crippen LogP contribution in [0, 0.1) is 16.7 Å². The molecule has 2 aliphatic carbocycles. The zero-order valence-corrected chi connectivity index (χ0v) is 15.8. The van der Waals surface area contributed by atoms with Gasteiger partial charge in [0, 0.05) is 11.8 Å². The molecule has 0 bridgehead atoms. The van der Waals surface area contributed by atoms with Crippen molar-refractivity contribution in [3.05, 3.63) is 0 Å². The van der Waals surface area contributed by atoms with Gasteiger partial charge in [-0.25, -0.2) is 0 Å². The first-order valence-corrected chi connectivity index (χ1v) is 9.60. The fraction of sp³-hybridized carbons (Fsp3) is 0.900. The summed E-state index contributed by atoms with van der Waals surface area (Å²) in [5, 5.41) is 11.4. The maximum absolute atomic E-state index is 13.0. The van der Waals surface area contributed by atoms with Gasteiger partial charge in [0.25, 0.3) is 0 Å². The Labute approximate surface area is 149 Å². The highest BCUT2D eigenvalue weighted by molar-refractivity contribution is 5.90. The number of hydrogen-bond acceptors (Lipinski definition) is 5. The van der Waals surface area contributed by atoms with Crippen LogP contribution >= 0.6 is 0 Å². The average molecular weight is 350 g/mol. The minimum atomic E-state index is -1.53. The number of ketones is 1. The fourth-order valence-corrected chi connectivity index (χ4v) is 6.70. The van der Waals surface area contributed by atoms with Crippen LogP contribution in [0.1, 0.15) is 72.6 Å². The third kappa shape index (κ3) is 2.03. The second-order valence-corrected chi connectivity index (χ2v) is 9.96. The average Bonchev–Trinajstić information content (AvgIpc) is 3.06. The molecule has 2 aliphatic heterocycles. The van der Waals surface area contributed by atoms with E-state index in [1.54, 1.807) is 6.92 Å². The van der Waals surface area contributed by atoms with Crippen LogP contribution in [0.3, 0.4) is 0 Å². The number of cyclic esters (lactones) is 1. The van der Waals surface area contributed by atoms with E-state index in [4.69, 9.17) is 9.47 Å². The molecule has 5 nitrogen and oxygen atoms in total. The van der Waals surface area contributed by atoms with Gasteiger partial charge >= 0.3 is 5.97 Å². The van der Waals surface area contributed by atoms with E-state index in [-0.39, 0.29) is 41.5 Å². The molecule has 5 heteroatoms. The fourth-order valence-electron chi connectivity index (χ4n) is 6.70. The number of Topliss-reactive ketones (excluding diaryl/α,β-unsaturated/α-hetero) is 1. The number of esters is 1. The van der Waals surface area contributed by atoms with Crippen molar-refractivity contribution in [1.82, 2.24) is 0 Å². The molecule has 0 aromatic heterocycles. The third-order valence-electron chi connectivity index (χ3n) is 8.16. The summed E-state index contributed by atoms with van der Waals surface area (Å²) in [7, 11) is 0. The summed E-state index contributed by atoms with van der Waals surface area (Å²) >= 11 is 0. The van der Waals surface area contributed by atoms with Crippen LogP contribution in [0.25, 0.3) is 0 Å². The molecule has 4 fully saturated rings. The largest absolute Gasteiger partial charge is 0.463 e. The molecule has 2 saturated carbocycles. The van der Waals surface area contributed by atoms with Crippen LogP contribution in [0.15, 0.2) is 0 Å². The van der Waals surface area contributed by atoms with Gasteiger partial charge < -0.3 is 14.6 Å². The smallest absolute Gasteiger partial charge is 0.308 e. The molecule has 5 atom stereocenters. The van der Waals surface area contributed by atoms with E-state index in [1.165, 1.54) is 0 Å². The Kier molecular flexibility index (Phi) is 3.40. The quantitative estimate of drug-likeness (QED) is 0.680. The highest BCUT2D eigenvalue weighted by Gasteiger charge is 2.74. The highest BCUT2D eigenvalue weighted by Crippen LogP contribution is 2.68. The van der Waals surface area contributed by atoms with Crippen LogP contribution in [-0.2, 0) is 19.1 Å². The third-order valence-corrected chi connectivity index (χ3v) is 8.16. The molecule has 2 heterocycles. The molecule has 5 unspecified atom stereocenters. The Morgan fingerprint density at radius 1 is 1.04 bits per heavy atom. The summed E-state index contributed by atoms with van der Waals surface area (Å²) in [4.78, 5) is 24.7. The summed E-state index contributed by atoms with van der Waals surface area (Å²) < 4.78 is 11.8. The number of carbonyl (C=O) groups excluding carboxylic acids is 2. The number of hydrogen-bond donors (Lipinski definition) is 1. The Morgan fingerprint density at radius 3 is 2.40 bits per heavy atom. The summed E-state index contributed by atoms with van der Waals surface area (Å²) in [6.07, 6.45) is 4.99. The van der Waals surface area contributed by atoms with Crippen molar-refractivity contribution < 1.29 is 24.2 Å². The van der Waals surface area contributed by atoms with Crippen LogP contribution in [0.5, 0.6) is 0 Å². The van der Waals surface area contributed by atoms with E-state index in [9.17, 15) is 14.7 Å². The van der Waals surface area contributed by atoms with Gasteiger partial charge in [0.1, 0.15) is 23.4 Å². The van der Waals surface area contributed by atoms with Crippen molar-refractivity contribution in [1.29, 1.82) is 0 Å².